The minimum absolute atomic E-state index is 0.0889. The zero-order chi connectivity index (χ0) is 10.8. The van der Waals surface area contributed by atoms with E-state index >= 15 is 0 Å². The summed E-state index contributed by atoms with van der Waals surface area (Å²) in [7, 11) is -3.27. The molecule has 1 rings (SSSR count). The number of nitrogens with one attached hydrogen (secondary N) is 1. The second-order valence-electron chi connectivity index (χ2n) is 4.24. The number of sulfonamides is 1. The predicted molar refractivity (Wildman–Crippen MR) is 53.9 cm³/mol. The van der Waals surface area contributed by atoms with Crippen LogP contribution in [0.1, 0.15) is 26.7 Å². The van der Waals surface area contributed by atoms with Crippen molar-refractivity contribution in [2.45, 2.75) is 32.7 Å². The van der Waals surface area contributed by atoms with Crippen molar-refractivity contribution in [1.29, 1.82) is 5.26 Å². The Kier molecular flexibility index (Phi) is 3.51. The quantitative estimate of drug-likeness (QED) is 0.741. The molecular formula is C9H16N2O2S. The molecule has 0 bridgehead atoms. The van der Waals surface area contributed by atoms with Crippen molar-refractivity contribution in [2.24, 2.45) is 11.8 Å². The van der Waals surface area contributed by atoms with Crippen molar-refractivity contribution in [3.63, 3.8) is 0 Å². The third-order valence-electron chi connectivity index (χ3n) is 2.09. The Hall–Kier alpha value is -0.600. The molecule has 0 saturated heterocycles. The van der Waals surface area contributed by atoms with Crippen LogP contribution < -0.4 is 4.72 Å². The standard InChI is InChI=1S/C9H16N2O2S/c1-7(2)6-14(12,13)11-9(5-10)8-3-4-8/h7-9,11H,3-4,6H2,1-2H3. The molecule has 1 aliphatic rings. The van der Waals surface area contributed by atoms with E-state index in [0.29, 0.717) is 0 Å². The van der Waals surface area contributed by atoms with Crippen LogP contribution >= 0.6 is 0 Å². The van der Waals surface area contributed by atoms with Crippen LogP contribution in [0.3, 0.4) is 0 Å². The molecule has 80 valence electrons. The Morgan fingerprint density at radius 3 is 2.43 bits per heavy atom. The number of hydrogen-bond acceptors (Lipinski definition) is 3. The molecular weight excluding hydrogens is 200 g/mol. The minimum atomic E-state index is -3.27. The van der Waals surface area contributed by atoms with Gasteiger partial charge in [-0.2, -0.15) is 9.98 Å². The zero-order valence-corrected chi connectivity index (χ0v) is 9.34. The minimum Gasteiger partial charge on any atom is -0.212 e. The molecule has 0 aromatic rings. The highest BCUT2D eigenvalue weighted by Crippen LogP contribution is 2.32. The highest BCUT2D eigenvalue weighted by Gasteiger charge is 2.33. The third kappa shape index (κ3) is 3.64. The first-order chi connectivity index (χ1) is 6.44. The van der Waals surface area contributed by atoms with Crippen molar-refractivity contribution in [3.8, 4) is 6.07 Å². The molecule has 1 N–H and O–H groups in total. The average Bonchev–Trinajstić information content (AvgIpc) is 2.79. The molecule has 0 amide bonds. The lowest BCUT2D eigenvalue weighted by Gasteiger charge is -2.12. The first kappa shape index (κ1) is 11.5. The van der Waals surface area contributed by atoms with Gasteiger partial charge in [-0.3, -0.25) is 0 Å². The van der Waals surface area contributed by atoms with Gasteiger partial charge in [0.1, 0.15) is 6.04 Å². The molecule has 4 nitrogen and oxygen atoms in total. The SMILES string of the molecule is CC(C)CS(=O)(=O)NC(C#N)C1CC1. The van der Waals surface area contributed by atoms with E-state index in [-0.39, 0.29) is 17.6 Å². The van der Waals surface area contributed by atoms with Gasteiger partial charge in [0, 0.05) is 0 Å². The molecule has 1 atom stereocenters. The Balaban J connectivity index is 2.53. The molecule has 5 heteroatoms. The van der Waals surface area contributed by atoms with Gasteiger partial charge in [-0.05, 0) is 24.7 Å². The summed E-state index contributed by atoms with van der Waals surface area (Å²) in [6.07, 6.45) is 1.92. The van der Waals surface area contributed by atoms with Crippen LogP contribution in [0.4, 0.5) is 0 Å². The molecule has 0 heterocycles. The summed E-state index contributed by atoms with van der Waals surface area (Å²) in [5.74, 6) is 0.422. The Bertz CT molecular complexity index is 325. The molecule has 1 unspecified atom stereocenters. The number of hydrogen-bond donors (Lipinski definition) is 1. The van der Waals surface area contributed by atoms with Gasteiger partial charge in [0.2, 0.25) is 10.0 Å². The smallest absolute Gasteiger partial charge is 0.212 e. The maximum Gasteiger partial charge on any atom is 0.213 e. The maximum atomic E-state index is 11.5. The zero-order valence-electron chi connectivity index (χ0n) is 8.53. The van der Waals surface area contributed by atoms with Crippen LogP contribution in [-0.4, -0.2) is 20.2 Å². The second kappa shape index (κ2) is 4.28. The van der Waals surface area contributed by atoms with Crippen LogP contribution in [0.25, 0.3) is 0 Å². The summed E-state index contributed by atoms with van der Waals surface area (Å²) in [5, 5.41) is 8.76. The Morgan fingerprint density at radius 2 is 2.07 bits per heavy atom. The lowest BCUT2D eigenvalue weighted by molar-refractivity contribution is 0.549. The monoisotopic (exact) mass is 216 g/mol. The summed E-state index contributed by atoms with van der Waals surface area (Å²) >= 11 is 0. The Morgan fingerprint density at radius 1 is 1.50 bits per heavy atom. The summed E-state index contributed by atoms with van der Waals surface area (Å²) in [6, 6.07) is 1.49. The van der Waals surface area contributed by atoms with Crippen molar-refractivity contribution < 1.29 is 8.42 Å². The van der Waals surface area contributed by atoms with E-state index in [9.17, 15) is 8.42 Å². The Labute approximate surface area is 85.4 Å². The van der Waals surface area contributed by atoms with Gasteiger partial charge in [0.05, 0.1) is 11.8 Å². The van der Waals surface area contributed by atoms with E-state index in [2.05, 4.69) is 4.72 Å². The normalized spacial score (nSPS) is 19.3. The van der Waals surface area contributed by atoms with E-state index in [1.165, 1.54) is 0 Å². The fraction of sp³-hybridized carbons (Fsp3) is 0.889. The van der Waals surface area contributed by atoms with Crippen molar-refractivity contribution >= 4 is 10.0 Å². The van der Waals surface area contributed by atoms with Gasteiger partial charge in [-0.1, -0.05) is 13.8 Å². The number of nitrogens with zero attached hydrogens (tertiary/aromatic N) is 1. The van der Waals surface area contributed by atoms with Gasteiger partial charge >= 0.3 is 0 Å². The molecule has 0 aromatic heterocycles. The summed E-state index contributed by atoms with van der Waals surface area (Å²) < 4.78 is 25.4. The maximum absolute atomic E-state index is 11.5. The van der Waals surface area contributed by atoms with E-state index < -0.39 is 16.1 Å². The fourth-order valence-corrected chi connectivity index (χ4v) is 2.94. The molecule has 0 aliphatic heterocycles. The van der Waals surface area contributed by atoms with Crippen LogP contribution in [0.15, 0.2) is 0 Å². The topological polar surface area (TPSA) is 70.0 Å². The second-order valence-corrected chi connectivity index (χ2v) is 6.04. The lowest BCUT2D eigenvalue weighted by Crippen LogP contribution is -2.37. The van der Waals surface area contributed by atoms with Crippen molar-refractivity contribution in [2.75, 3.05) is 5.75 Å². The van der Waals surface area contributed by atoms with Crippen LogP contribution in [0.2, 0.25) is 0 Å². The van der Waals surface area contributed by atoms with Gasteiger partial charge in [0.15, 0.2) is 0 Å². The summed E-state index contributed by atoms with van der Waals surface area (Å²) in [4.78, 5) is 0. The predicted octanol–water partition coefficient (Wildman–Crippen LogP) is 0.864. The molecule has 1 fully saturated rings. The third-order valence-corrected chi connectivity index (χ3v) is 3.81. The van der Waals surface area contributed by atoms with E-state index in [1.807, 2.05) is 19.9 Å². The summed E-state index contributed by atoms with van der Waals surface area (Å²) in [5.41, 5.74) is 0. The van der Waals surface area contributed by atoms with E-state index in [1.54, 1.807) is 0 Å². The highest BCUT2D eigenvalue weighted by molar-refractivity contribution is 7.89. The van der Waals surface area contributed by atoms with Gasteiger partial charge < -0.3 is 0 Å². The van der Waals surface area contributed by atoms with Gasteiger partial charge in [-0.15, -0.1) is 0 Å². The van der Waals surface area contributed by atoms with Crippen LogP contribution in [0, 0.1) is 23.2 Å². The molecule has 0 radical (unpaired) electrons. The van der Waals surface area contributed by atoms with Crippen molar-refractivity contribution in [3.05, 3.63) is 0 Å². The first-order valence-electron chi connectivity index (χ1n) is 4.84. The molecule has 0 aromatic carbocycles. The first-order valence-corrected chi connectivity index (χ1v) is 6.49. The molecule has 0 spiro atoms. The van der Waals surface area contributed by atoms with Gasteiger partial charge in [0.25, 0.3) is 0 Å². The van der Waals surface area contributed by atoms with Gasteiger partial charge in [-0.25, -0.2) is 8.42 Å². The largest absolute Gasteiger partial charge is 0.213 e. The van der Waals surface area contributed by atoms with Crippen LogP contribution in [-0.2, 0) is 10.0 Å². The molecule has 14 heavy (non-hydrogen) atoms. The number of rotatable bonds is 5. The van der Waals surface area contributed by atoms with Crippen molar-refractivity contribution in [1.82, 2.24) is 4.72 Å². The number of nitriles is 1. The lowest BCUT2D eigenvalue weighted by atomic mass is 10.2. The highest BCUT2D eigenvalue weighted by atomic mass is 32.2. The van der Waals surface area contributed by atoms with E-state index in [0.717, 1.165) is 12.8 Å². The molecule has 1 saturated carbocycles. The molecule has 1 aliphatic carbocycles. The summed E-state index contributed by atoms with van der Waals surface area (Å²) in [6.45, 7) is 3.69. The fourth-order valence-electron chi connectivity index (χ4n) is 1.34. The van der Waals surface area contributed by atoms with E-state index in [4.69, 9.17) is 5.26 Å². The van der Waals surface area contributed by atoms with Crippen LogP contribution in [0.5, 0.6) is 0 Å². The average molecular weight is 216 g/mol.